The summed E-state index contributed by atoms with van der Waals surface area (Å²) in [4.78, 5) is 14.6. The zero-order chi connectivity index (χ0) is 19.6. The molecule has 27 heavy (non-hydrogen) atoms. The Labute approximate surface area is 160 Å². The average Bonchev–Trinajstić information content (AvgIpc) is 2.62. The molecule has 0 radical (unpaired) electrons. The van der Waals surface area contributed by atoms with Gasteiger partial charge in [0.15, 0.2) is 0 Å². The molecule has 2 atom stereocenters. The van der Waals surface area contributed by atoms with Gasteiger partial charge in [0.05, 0.1) is 17.1 Å². The second-order valence-electron chi connectivity index (χ2n) is 6.97. The van der Waals surface area contributed by atoms with Crippen molar-refractivity contribution in [3.8, 4) is 0 Å². The van der Waals surface area contributed by atoms with Crippen LogP contribution >= 0.6 is 0 Å². The first-order valence-electron chi connectivity index (χ1n) is 8.89. The Hall–Kier alpha value is -2.38. The molecule has 2 aromatic rings. The first-order valence-corrected chi connectivity index (χ1v) is 10.4. The van der Waals surface area contributed by atoms with E-state index in [1.807, 2.05) is 32.9 Å². The normalized spacial score (nSPS) is 20.3. The quantitative estimate of drug-likeness (QED) is 0.873. The number of hydrogen-bond donors (Lipinski definition) is 1. The van der Waals surface area contributed by atoms with Gasteiger partial charge in [-0.25, -0.2) is 8.42 Å². The van der Waals surface area contributed by atoms with E-state index in [-0.39, 0.29) is 23.0 Å². The van der Waals surface area contributed by atoms with Crippen molar-refractivity contribution in [1.29, 1.82) is 0 Å². The van der Waals surface area contributed by atoms with E-state index in [1.54, 1.807) is 29.2 Å². The van der Waals surface area contributed by atoms with Crippen LogP contribution in [0.25, 0.3) is 0 Å². The lowest BCUT2D eigenvalue weighted by Crippen LogP contribution is -2.48. The number of morpholine rings is 1. The van der Waals surface area contributed by atoms with Crippen molar-refractivity contribution >= 4 is 21.6 Å². The number of carbonyl (C=O) groups is 1. The predicted molar refractivity (Wildman–Crippen MR) is 104 cm³/mol. The van der Waals surface area contributed by atoms with E-state index in [0.29, 0.717) is 24.3 Å². The SMILES string of the molecule is Cc1ccc(NS(=O)(=O)c2cccc(C(=O)N3C[C@@H](C)O[C@@H](C)C3)c2)cc1. The standard InChI is InChI=1S/C20H24N2O4S/c1-14-7-9-18(10-8-14)21-27(24,25)19-6-4-5-17(11-19)20(23)22-12-15(2)26-16(3)13-22/h4-11,15-16,21H,12-13H2,1-3H3/t15-,16+. The number of ether oxygens (including phenoxy) is 1. The van der Waals surface area contributed by atoms with Gasteiger partial charge in [0, 0.05) is 24.3 Å². The minimum atomic E-state index is -3.78. The van der Waals surface area contributed by atoms with Crippen molar-refractivity contribution in [3.63, 3.8) is 0 Å². The lowest BCUT2D eigenvalue weighted by Gasteiger charge is -2.35. The Balaban J connectivity index is 1.82. The van der Waals surface area contributed by atoms with Crippen molar-refractivity contribution in [2.75, 3.05) is 17.8 Å². The molecule has 6 nitrogen and oxygen atoms in total. The smallest absolute Gasteiger partial charge is 0.261 e. The first kappa shape index (κ1) is 19.4. The van der Waals surface area contributed by atoms with Crippen LogP contribution in [-0.2, 0) is 14.8 Å². The highest BCUT2D eigenvalue weighted by Gasteiger charge is 2.27. The molecular formula is C20H24N2O4S. The molecule has 1 aliphatic rings. The molecule has 3 rings (SSSR count). The van der Waals surface area contributed by atoms with Crippen molar-refractivity contribution < 1.29 is 17.9 Å². The summed E-state index contributed by atoms with van der Waals surface area (Å²) in [6.07, 6.45) is -0.0966. The third-order valence-corrected chi connectivity index (χ3v) is 5.78. The van der Waals surface area contributed by atoms with Crippen LogP contribution in [0.1, 0.15) is 29.8 Å². The number of nitrogens with one attached hydrogen (secondary N) is 1. The molecule has 1 amide bonds. The molecule has 1 heterocycles. The van der Waals surface area contributed by atoms with Crippen LogP contribution in [0.3, 0.4) is 0 Å². The maximum Gasteiger partial charge on any atom is 0.261 e. The van der Waals surface area contributed by atoms with E-state index < -0.39 is 10.0 Å². The summed E-state index contributed by atoms with van der Waals surface area (Å²) in [6, 6.07) is 13.2. The Morgan fingerprint density at radius 3 is 2.33 bits per heavy atom. The van der Waals surface area contributed by atoms with E-state index in [2.05, 4.69) is 4.72 Å². The van der Waals surface area contributed by atoms with E-state index in [1.165, 1.54) is 12.1 Å². The summed E-state index contributed by atoms with van der Waals surface area (Å²) >= 11 is 0. The highest BCUT2D eigenvalue weighted by Crippen LogP contribution is 2.20. The van der Waals surface area contributed by atoms with Crippen LogP contribution in [0.15, 0.2) is 53.4 Å². The van der Waals surface area contributed by atoms with E-state index in [0.717, 1.165) is 5.56 Å². The first-order chi connectivity index (χ1) is 12.7. The molecule has 144 valence electrons. The van der Waals surface area contributed by atoms with Crippen molar-refractivity contribution in [1.82, 2.24) is 4.90 Å². The van der Waals surface area contributed by atoms with Crippen molar-refractivity contribution in [2.45, 2.75) is 37.9 Å². The van der Waals surface area contributed by atoms with E-state index in [9.17, 15) is 13.2 Å². The number of aryl methyl sites for hydroxylation is 1. The third-order valence-electron chi connectivity index (χ3n) is 4.40. The van der Waals surface area contributed by atoms with Crippen LogP contribution in [0.5, 0.6) is 0 Å². The highest BCUT2D eigenvalue weighted by atomic mass is 32.2. The van der Waals surface area contributed by atoms with Crippen LogP contribution in [0.2, 0.25) is 0 Å². The van der Waals surface area contributed by atoms with E-state index >= 15 is 0 Å². The maximum atomic E-state index is 12.8. The Morgan fingerprint density at radius 1 is 1.07 bits per heavy atom. The topological polar surface area (TPSA) is 75.7 Å². The number of rotatable bonds is 4. The average molecular weight is 388 g/mol. The van der Waals surface area contributed by atoms with Crippen LogP contribution < -0.4 is 4.72 Å². The van der Waals surface area contributed by atoms with Crippen LogP contribution in [-0.4, -0.2) is 44.5 Å². The third kappa shape index (κ3) is 4.67. The summed E-state index contributed by atoms with van der Waals surface area (Å²) < 4.78 is 33.6. The van der Waals surface area contributed by atoms with Gasteiger partial charge < -0.3 is 9.64 Å². The molecule has 0 saturated carbocycles. The predicted octanol–water partition coefficient (Wildman–Crippen LogP) is 3.05. The number of sulfonamides is 1. The van der Waals surface area contributed by atoms with Crippen LogP contribution in [0.4, 0.5) is 5.69 Å². The highest BCUT2D eigenvalue weighted by molar-refractivity contribution is 7.92. The molecule has 7 heteroatoms. The van der Waals surface area contributed by atoms with Gasteiger partial charge in [-0.05, 0) is 51.1 Å². The number of hydrogen-bond acceptors (Lipinski definition) is 4. The van der Waals surface area contributed by atoms with Gasteiger partial charge in [-0.1, -0.05) is 23.8 Å². The van der Waals surface area contributed by atoms with Gasteiger partial charge >= 0.3 is 0 Å². The number of nitrogens with zero attached hydrogens (tertiary/aromatic N) is 1. The number of anilines is 1. The second-order valence-corrected chi connectivity index (χ2v) is 8.65. The monoisotopic (exact) mass is 388 g/mol. The Bertz CT molecular complexity index is 915. The van der Waals surface area contributed by atoms with Gasteiger partial charge in [-0.3, -0.25) is 9.52 Å². The zero-order valence-corrected chi connectivity index (χ0v) is 16.5. The number of benzene rings is 2. The largest absolute Gasteiger partial charge is 0.372 e. The summed E-state index contributed by atoms with van der Waals surface area (Å²) in [5.74, 6) is -0.190. The van der Waals surface area contributed by atoms with Crippen molar-refractivity contribution in [2.24, 2.45) is 0 Å². The molecule has 2 aromatic carbocycles. The number of carbonyl (C=O) groups excluding carboxylic acids is 1. The van der Waals surface area contributed by atoms with Gasteiger partial charge in [0.2, 0.25) is 0 Å². The maximum absolute atomic E-state index is 12.8. The van der Waals surface area contributed by atoms with Gasteiger partial charge in [0.25, 0.3) is 15.9 Å². The molecular weight excluding hydrogens is 364 g/mol. The van der Waals surface area contributed by atoms with Gasteiger partial charge in [-0.2, -0.15) is 0 Å². The molecule has 1 fully saturated rings. The summed E-state index contributed by atoms with van der Waals surface area (Å²) in [7, 11) is -3.78. The Kier molecular flexibility index (Phi) is 5.53. The lowest BCUT2D eigenvalue weighted by atomic mass is 10.1. The van der Waals surface area contributed by atoms with Crippen LogP contribution in [0, 0.1) is 6.92 Å². The van der Waals surface area contributed by atoms with Gasteiger partial charge in [-0.15, -0.1) is 0 Å². The molecule has 1 aliphatic heterocycles. The number of amides is 1. The molecule has 0 aromatic heterocycles. The molecule has 0 aliphatic carbocycles. The summed E-state index contributed by atoms with van der Waals surface area (Å²) in [5, 5.41) is 0. The second kappa shape index (κ2) is 7.70. The van der Waals surface area contributed by atoms with Crippen molar-refractivity contribution in [3.05, 3.63) is 59.7 Å². The zero-order valence-electron chi connectivity index (χ0n) is 15.7. The fourth-order valence-corrected chi connectivity index (χ4v) is 4.26. The lowest BCUT2D eigenvalue weighted by molar-refractivity contribution is -0.0586. The summed E-state index contributed by atoms with van der Waals surface area (Å²) in [6.45, 7) is 6.74. The molecule has 0 spiro atoms. The minimum Gasteiger partial charge on any atom is -0.372 e. The molecule has 0 unspecified atom stereocenters. The fourth-order valence-electron chi connectivity index (χ4n) is 3.16. The minimum absolute atomic E-state index is 0.0483. The molecule has 0 bridgehead atoms. The Morgan fingerprint density at radius 2 is 1.70 bits per heavy atom. The van der Waals surface area contributed by atoms with Gasteiger partial charge in [0.1, 0.15) is 0 Å². The van der Waals surface area contributed by atoms with E-state index in [4.69, 9.17) is 4.74 Å². The molecule has 1 saturated heterocycles. The molecule has 1 N–H and O–H groups in total. The summed E-state index contributed by atoms with van der Waals surface area (Å²) in [5.41, 5.74) is 1.87. The fraction of sp³-hybridized carbons (Fsp3) is 0.350.